The molecule has 0 atom stereocenters. The summed E-state index contributed by atoms with van der Waals surface area (Å²) in [5.41, 5.74) is 6.66. The van der Waals surface area contributed by atoms with Crippen molar-refractivity contribution < 1.29 is 4.52 Å². The zero-order valence-electron chi connectivity index (χ0n) is 13.2. The Kier molecular flexibility index (Phi) is 5.08. The summed E-state index contributed by atoms with van der Waals surface area (Å²) in [4.78, 5) is 12.7. The highest BCUT2D eigenvalue weighted by molar-refractivity contribution is 5.77. The van der Waals surface area contributed by atoms with E-state index in [0.717, 1.165) is 12.1 Å². The highest BCUT2D eigenvalue weighted by atomic mass is 16.5. The maximum atomic E-state index is 5.81. The van der Waals surface area contributed by atoms with Crippen LogP contribution in [0.15, 0.2) is 33.9 Å². The van der Waals surface area contributed by atoms with Crippen molar-refractivity contribution in [2.24, 2.45) is 10.7 Å². The van der Waals surface area contributed by atoms with E-state index in [-0.39, 0.29) is 5.41 Å². The van der Waals surface area contributed by atoms with Crippen LogP contribution >= 0.6 is 0 Å². The Morgan fingerprint density at radius 2 is 2.18 bits per heavy atom. The van der Waals surface area contributed by atoms with Gasteiger partial charge in [-0.3, -0.25) is 4.98 Å². The van der Waals surface area contributed by atoms with Crippen LogP contribution < -0.4 is 11.1 Å². The van der Waals surface area contributed by atoms with Gasteiger partial charge in [-0.1, -0.05) is 32.0 Å². The van der Waals surface area contributed by atoms with Crippen LogP contribution in [-0.2, 0) is 18.4 Å². The minimum Gasteiger partial charge on any atom is -0.370 e. The third-order valence-electron chi connectivity index (χ3n) is 2.91. The second kappa shape index (κ2) is 7.02. The fourth-order valence-electron chi connectivity index (χ4n) is 1.70. The van der Waals surface area contributed by atoms with Gasteiger partial charge >= 0.3 is 0 Å². The van der Waals surface area contributed by atoms with Gasteiger partial charge in [-0.15, -0.1) is 0 Å². The molecule has 0 saturated heterocycles. The van der Waals surface area contributed by atoms with Gasteiger partial charge in [0.05, 0.1) is 0 Å². The molecule has 0 aliphatic heterocycles. The van der Waals surface area contributed by atoms with Gasteiger partial charge in [-0.05, 0) is 12.1 Å². The molecule has 0 unspecified atom stereocenters. The first-order valence-electron chi connectivity index (χ1n) is 7.22. The minimum atomic E-state index is -0.165. The first-order valence-corrected chi connectivity index (χ1v) is 7.22. The first kappa shape index (κ1) is 15.9. The topological polar surface area (TPSA) is 102 Å². The van der Waals surface area contributed by atoms with E-state index in [1.54, 1.807) is 6.20 Å². The minimum absolute atomic E-state index is 0.165. The monoisotopic (exact) mass is 302 g/mol. The second-order valence-corrected chi connectivity index (χ2v) is 5.97. The van der Waals surface area contributed by atoms with E-state index in [2.05, 4.69) is 25.4 Å². The summed E-state index contributed by atoms with van der Waals surface area (Å²) < 4.78 is 5.20. The van der Waals surface area contributed by atoms with E-state index in [0.29, 0.717) is 30.8 Å². The number of aliphatic imine (C=N–C) groups is 1. The number of rotatable bonds is 5. The molecule has 22 heavy (non-hydrogen) atoms. The van der Waals surface area contributed by atoms with E-state index in [1.165, 1.54) is 0 Å². The van der Waals surface area contributed by atoms with Crippen LogP contribution in [0.2, 0.25) is 0 Å². The predicted octanol–water partition coefficient (Wildman–Crippen LogP) is 1.41. The molecule has 2 rings (SSSR count). The van der Waals surface area contributed by atoms with E-state index >= 15 is 0 Å². The van der Waals surface area contributed by atoms with Gasteiger partial charge in [0.15, 0.2) is 11.8 Å². The van der Waals surface area contributed by atoms with Gasteiger partial charge in [0.1, 0.15) is 6.54 Å². The molecule has 0 aliphatic carbocycles. The number of aromatic nitrogens is 3. The summed E-state index contributed by atoms with van der Waals surface area (Å²) >= 11 is 0. The number of nitrogens with one attached hydrogen (secondary N) is 1. The molecule has 0 amide bonds. The highest BCUT2D eigenvalue weighted by Crippen LogP contribution is 2.19. The largest absolute Gasteiger partial charge is 0.370 e. The Hall–Kier alpha value is -2.44. The molecule has 118 valence electrons. The average Bonchev–Trinajstić information content (AvgIpc) is 2.95. The van der Waals surface area contributed by atoms with Crippen LogP contribution in [0.5, 0.6) is 0 Å². The number of hydrogen-bond donors (Lipinski definition) is 2. The molecule has 2 heterocycles. The fraction of sp³-hybridized carbons (Fsp3) is 0.467. The zero-order chi connectivity index (χ0) is 16.0. The quantitative estimate of drug-likeness (QED) is 0.639. The smallest absolute Gasteiger partial charge is 0.232 e. The Bertz CT molecular complexity index is 614. The third-order valence-corrected chi connectivity index (χ3v) is 2.91. The lowest BCUT2D eigenvalue weighted by atomic mass is 9.97. The van der Waals surface area contributed by atoms with Crippen molar-refractivity contribution >= 4 is 5.96 Å². The fourth-order valence-corrected chi connectivity index (χ4v) is 1.70. The molecule has 0 spiro atoms. The van der Waals surface area contributed by atoms with Crippen LogP contribution in [0.1, 0.15) is 38.2 Å². The number of hydrogen-bond acceptors (Lipinski definition) is 5. The van der Waals surface area contributed by atoms with E-state index in [9.17, 15) is 0 Å². The van der Waals surface area contributed by atoms with Crippen molar-refractivity contribution in [3.05, 3.63) is 41.8 Å². The Labute approximate surface area is 130 Å². The molecule has 3 N–H and O–H groups in total. The summed E-state index contributed by atoms with van der Waals surface area (Å²) in [7, 11) is 0. The van der Waals surface area contributed by atoms with Crippen LogP contribution in [0.4, 0.5) is 0 Å². The molecule has 2 aromatic rings. The molecular formula is C15H22N6O. The van der Waals surface area contributed by atoms with Gasteiger partial charge in [-0.2, -0.15) is 4.98 Å². The predicted molar refractivity (Wildman–Crippen MR) is 84.3 cm³/mol. The van der Waals surface area contributed by atoms with Gasteiger partial charge in [-0.25, -0.2) is 4.99 Å². The highest BCUT2D eigenvalue weighted by Gasteiger charge is 2.21. The van der Waals surface area contributed by atoms with Gasteiger partial charge in [0.2, 0.25) is 5.89 Å². The third kappa shape index (κ3) is 4.83. The summed E-state index contributed by atoms with van der Waals surface area (Å²) in [6.07, 6.45) is 2.56. The lowest BCUT2D eigenvalue weighted by Gasteiger charge is -2.10. The Balaban J connectivity index is 1.79. The lowest BCUT2D eigenvalue weighted by molar-refractivity contribution is 0.318. The number of nitrogens with two attached hydrogens (primary N) is 1. The van der Waals surface area contributed by atoms with Crippen LogP contribution in [0, 0.1) is 0 Å². The van der Waals surface area contributed by atoms with Gasteiger partial charge < -0.3 is 15.6 Å². The Morgan fingerprint density at radius 1 is 1.36 bits per heavy atom. The van der Waals surface area contributed by atoms with Crippen LogP contribution in [0.25, 0.3) is 0 Å². The molecule has 0 aliphatic rings. The molecule has 7 heteroatoms. The van der Waals surface area contributed by atoms with Crippen molar-refractivity contribution in [3.8, 4) is 0 Å². The summed E-state index contributed by atoms with van der Waals surface area (Å²) in [6.45, 7) is 7.01. The van der Waals surface area contributed by atoms with Crippen molar-refractivity contribution in [2.75, 3.05) is 6.54 Å². The normalized spacial score (nSPS) is 12.4. The zero-order valence-corrected chi connectivity index (χ0v) is 13.2. The van der Waals surface area contributed by atoms with Crippen LogP contribution in [-0.4, -0.2) is 27.6 Å². The first-order chi connectivity index (χ1) is 10.4. The molecular weight excluding hydrogens is 280 g/mol. The van der Waals surface area contributed by atoms with Crippen molar-refractivity contribution in [1.29, 1.82) is 0 Å². The second-order valence-electron chi connectivity index (χ2n) is 5.97. The van der Waals surface area contributed by atoms with E-state index in [4.69, 9.17) is 10.3 Å². The maximum absolute atomic E-state index is 5.81. The number of guanidine groups is 1. The number of nitrogens with zero attached hydrogens (tertiary/aromatic N) is 4. The van der Waals surface area contributed by atoms with Crippen molar-refractivity contribution in [3.63, 3.8) is 0 Å². The summed E-state index contributed by atoms with van der Waals surface area (Å²) in [5.74, 6) is 1.48. The Morgan fingerprint density at radius 3 is 2.82 bits per heavy atom. The molecule has 0 radical (unpaired) electrons. The maximum Gasteiger partial charge on any atom is 0.232 e. The molecule has 0 aromatic carbocycles. The molecule has 0 bridgehead atoms. The van der Waals surface area contributed by atoms with E-state index < -0.39 is 0 Å². The molecule has 0 fully saturated rings. The summed E-state index contributed by atoms with van der Waals surface area (Å²) in [5, 5.41) is 6.94. The lowest BCUT2D eigenvalue weighted by Crippen LogP contribution is -2.33. The number of pyridine rings is 1. The van der Waals surface area contributed by atoms with Crippen LogP contribution in [0.3, 0.4) is 0 Å². The van der Waals surface area contributed by atoms with Gasteiger partial charge in [0.25, 0.3) is 0 Å². The van der Waals surface area contributed by atoms with E-state index in [1.807, 2.05) is 39.0 Å². The standard InChI is InChI=1S/C15H22N6O/c1-15(2,3)13-20-12(21-22-13)10-19-14(16)18-9-7-11-6-4-5-8-17-11/h4-6,8H,7,9-10H2,1-3H3,(H3,16,18,19). The SMILES string of the molecule is CC(C)(C)c1nc(CN=C(N)NCCc2ccccn2)no1. The van der Waals surface area contributed by atoms with Gasteiger partial charge in [0, 0.05) is 30.3 Å². The molecule has 7 nitrogen and oxygen atoms in total. The molecule has 0 saturated carbocycles. The van der Waals surface area contributed by atoms with Crippen molar-refractivity contribution in [2.45, 2.75) is 39.2 Å². The molecule has 2 aromatic heterocycles. The summed E-state index contributed by atoms with van der Waals surface area (Å²) in [6, 6.07) is 5.83. The van der Waals surface area contributed by atoms with Crippen molar-refractivity contribution in [1.82, 2.24) is 20.4 Å². The average molecular weight is 302 g/mol.